The van der Waals surface area contributed by atoms with Crippen molar-refractivity contribution >= 4 is 0 Å². The first-order valence-corrected chi connectivity index (χ1v) is 7.60. The van der Waals surface area contributed by atoms with Gasteiger partial charge in [0.2, 0.25) is 11.7 Å². The molecular weight excluding hydrogens is 264 g/mol. The summed E-state index contributed by atoms with van der Waals surface area (Å²) in [5.74, 6) is 1.36. The van der Waals surface area contributed by atoms with Crippen LogP contribution in [0.5, 0.6) is 0 Å². The molecule has 5 heteroatoms. The van der Waals surface area contributed by atoms with Gasteiger partial charge in [-0.25, -0.2) is 0 Å². The summed E-state index contributed by atoms with van der Waals surface area (Å²) in [5, 5.41) is 4.08. The maximum atomic E-state index is 5.81. The molecule has 21 heavy (non-hydrogen) atoms. The Hall–Kier alpha value is -1.72. The summed E-state index contributed by atoms with van der Waals surface area (Å²) >= 11 is 0. The van der Waals surface area contributed by atoms with E-state index in [0.717, 1.165) is 31.6 Å². The van der Waals surface area contributed by atoms with Gasteiger partial charge in [0.05, 0.1) is 6.54 Å². The van der Waals surface area contributed by atoms with Crippen LogP contribution in [0.15, 0.2) is 28.8 Å². The minimum Gasteiger partial charge on any atom is -0.338 e. The first-order chi connectivity index (χ1) is 10.2. The van der Waals surface area contributed by atoms with Gasteiger partial charge in [0.25, 0.3) is 0 Å². The van der Waals surface area contributed by atoms with Crippen LogP contribution in [0.2, 0.25) is 0 Å². The predicted molar refractivity (Wildman–Crippen MR) is 81.6 cm³/mol. The van der Waals surface area contributed by atoms with Gasteiger partial charge in [0.1, 0.15) is 0 Å². The van der Waals surface area contributed by atoms with E-state index in [1.54, 1.807) is 0 Å². The van der Waals surface area contributed by atoms with Crippen molar-refractivity contribution in [1.29, 1.82) is 0 Å². The summed E-state index contributed by atoms with van der Waals surface area (Å²) in [6, 6.07) is 8.39. The summed E-state index contributed by atoms with van der Waals surface area (Å²) in [6.07, 6.45) is 3.41. The molecule has 1 unspecified atom stereocenters. The van der Waals surface area contributed by atoms with Crippen LogP contribution in [0.4, 0.5) is 0 Å². The van der Waals surface area contributed by atoms with Gasteiger partial charge in [-0.05, 0) is 44.8 Å². The number of hydrogen-bond acceptors (Lipinski definition) is 5. The first-order valence-electron chi connectivity index (χ1n) is 7.60. The SMILES string of the molecule is CC(N)Cc1ccc(-c2noc(CN3CCCC3)n2)cc1. The van der Waals surface area contributed by atoms with E-state index >= 15 is 0 Å². The molecule has 0 aliphatic carbocycles. The highest BCUT2D eigenvalue weighted by Crippen LogP contribution is 2.18. The second-order valence-corrected chi connectivity index (χ2v) is 5.87. The fourth-order valence-electron chi connectivity index (χ4n) is 2.73. The maximum Gasteiger partial charge on any atom is 0.241 e. The zero-order valence-electron chi connectivity index (χ0n) is 12.5. The third-order valence-electron chi connectivity index (χ3n) is 3.80. The molecule has 2 N–H and O–H groups in total. The van der Waals surface area contributed by atoms with Crippen LogP contribution in [0, 0.1) is 0 Å². The Kier molecular flexibility index (Phi) is 4.31. The smallest absolute Gasteiger partial charge is 0.241 e. The average Bonchev–Trinajstić information content (AvgIpc) is 3.11. The van der Waals surface area contributed by atoms with Gasteiger partial charge < -0.3 is 10.3 Å². The fourth-order valence-corrected chi connectivity index (χ4v) is 2.73. The Balaban J connectivity index is 1.67. The molecule has 0 saturated carbocycles. The highest BCUT2D eigenvalue weighted by atomic mass is 16.5. The van der Waals surface area contributed by atoms with Crippen molar-refractivity contribution in [3.8, 4) is 11.4 Å². The lowest BCUT2D eigenvalue weighted by atomic mass is 10.1. The van der Waals surface area contributed by atoms with Crippen molar-refractivity contribution < 1.29 is 4.52 Å². The molecule has 0 amide bonds. The van der Waals surface area contributed by atoms with Crippen molar-refractivity contribution in [2.45, 2.75) is 38.8 Å². The molecule has 1 saturated heterocycles. The van der Waals surface area contributed by atoms with E-state index in [2.05, 4.69) is 27.2 Å². The standard InChI is InChI=1S/C16H22N4O/c1-12(17)10-13-4-6-14(7-5-13)16-18-15(21-19-16)11-20-8-2-3-9-20/h4-7,12H,2-3,8-11,17H2,1H3. The maximum absolute atomic E-state index is 5.81. The molecule has 112 valence electrons. The Morgan fingerprint density at radius 1 is 1.24 bits per heavy atom. The largest absolute Gasteiger partial charge is 0.338 e. The molecule has 0 radical (unpaired) electrons. The van der Waals surface area contributed by atoms with E-state index in [1.165, 1.54) is 18.4 Å². The van der Waals surface area contributed by atoms with Crippen LogP contribution in [-0.2, 0) is 13.0 Å². The summed E-state index contributed by atoms with van der Waals surface area (Å²) in [7, 11) is 0. The third-order valence-corrected chi connectivity index (χ3v) is 3.80. The highest BCUT2D eigenvalue weighted by Gasteiger charge is 2.16. The molecule has 1 aliphatic rings. The Morgan fingerprint density at radius 2 is 1.95 bits per heavy atom. The highest BCUT2D eigenvalue weighted by molar-refractivity contribution is 5.54. The van der Waals surface area contributed by atoms with Crippen molar-refractivity contribution in [3.63, 3.8) is 0 Å². The quantitative estimate of drug-likeness (QED) is 0.912. The average molecular weight is 286 g/mol. The van der Waals surface area contributed by atoms with Gasteiger partial charge >= 0.3 is 0 Å². The number of aromatic nitrogens is 2. The van der Waals surface area contributed by atoms with Gasteiger partial charge in [0.15, 0.2) is 0 Å². The lowest BCUT2D eigenvalue weighted by molar-refractivity contribution is 0.268. The monoisotopic (exact) mass is 286 g/mol. The Morgan fingerprint density at radius 3 is 2.62 bits per heavy atom. The molecule has 1 aromatic carbocycles. The molecule has 3 rings (SSSR count). The summed E-state index contributed by atoms with van der Waals surface area (Å²) in [5.41, 5.74) is 8.03. The van der Waals surface area contributed by atoms with E-state index < -0.39 is 0 Å². The minimum atomic E-state index is 0.174. The Labute approximate surface area is 125 Å². The predicted octanol–water partition coefficient (Wildman–Crippen LogP) is 2.22. The van der Waals surface area contributed by atoms with Crippen LogP contribution in [-0.4, -0.2) is 34.2 Å². The molecule has 1 aromatic heterocycles. The molecule has 0 spiro atoms. The molecule has 1 aliphatic heterocycles. The fraction of sp³-hybridized carbons (Fsp3) is 0.500. The molecule has 0 bridgehead atoms. The van der Waals surface area contributed by atoms with Crippen LogP contribution in [0.1, 0.15) is 31.2 Å². The molecule has 1 atom stereocenters. The molecule has 5 nitrogen and oxygen atoms in total. The zero-order valence-corrected chi connectivity index (χ0v) is 12.5. The van der Waals surface area contributed by atoms with Crippen molar-refractivity contribution in [2.75, 3.05) is 13.1 Å². The normalized spacial score (nSPS) is 17.2. The van der Waals surface area contributed by atoms with Crippen LogP contribution < -0.4 is 5.73 Å². The van der Waals surface area contributed by atoms with Gasteiger partial charge in [-0.1, -0.05) is 29.4 Å². The Bertz CT molecular complexity index is 570. The first kappa shape index (κ1) is 14.2. The third kappa shape index (κ3) is 3.68. The summed E-state index contributed by atoms with van der Waals surface area (Å²) in [4.78, 5) is 6.84. The zero-order chi connectivity index (χ0) is 14.7. The number of likely N-dealkylation sites (tertiary alicyclic amines) is 1. The molecule has 2 heterocycles. The van der Waals surface area contributed by atoms with E-state index in [4.69, 9.17) is 10.3 Å². The number of nitrogens with two attached hydrogens (primary N) is 1. The second-order valence-electron chi connectivity index (χ2n) is 5.87. The van der Waals surface area contributed by atoms with Crippen molar-refractivity contribution in [2.24, 2.45) is 5.73 Å². The molecule has 1 fully saturated rings. The summed E-state index contributed by atoms with van der Waals surface area (Å²) in [6.45, 7) is 5.03. The van der Waals surface area contributed by atoms with Gasteiger partial charge in [-0.15, -0.1) is 0 Å². The topological polar surface area (TPSA) is 68.2 Å². The van der Waals surface area contributed by atoms with Gasteiger partial charge in [0, 0.05) is 11.6 Å². The van der Waals surface area contributed by atoms with Crippen LogP contribution >= 0.6 is 0 Å². The van der Waals surface area contributed by atoms with E-state index in [1.807, 2.05) is 19.1 Å². The van der Waals surface area contributed by atoms with E-state index in [9.17, 15) is 0 Å². The van der Waals surface area contributed by atoms with Gasteiger partial charge in [-0.3, -0.25) is 4.90 Å². The van der Waals surface area contributed by atoms with Crippen LogP contribution in [0.25, 0.3) is 11.4 Å². The summed E-state index contributed by atoms with van der Waals surface area (Å²) < 4.78 is 5.35. The minimum absolute atomic E-state index is 0.174. The van der Waals surface area contributed by atoms with Crippen LogP contribution in [0.3, 0.4) is 0 Å². The van der Waals surface area contributed by atoms with E-state index in [-0.39, 0.29) is 6.04 Å². The van der Waals surface area contributed by atoms with Gasteiger partial charge in [-0.2, -0.15) is 4.98 Å². The number of nitrogens with zero attached hydrogens (tertiary/aromatic N) is 3. The number of benzene rings is 1. The van der Waals surface area contributed by atoms with Crippen molar-refractivity contribution in [1.82, 2.24) is 15.0 Å². The molecule has 2 aromatic rings. The molecular formula is C16H22N4O. The lowest BCUT2D eigenvalue weighted by Crippen LogP contribution is -2.18. The lowest BCUT2D eigenvalue weighted by Gasteiger charge is -2.09. The van der Waals surface area contributed by atoms with Crippen molar-refractivity contribution in [3.05, 3.63) is 35.7 Å². The number of rotatable bonds is 5. The second kappa shape index (κ2) is 6.37. The van der Waals surface area contributed by atoms with E-state index in [0.29, 0.717) is 11.7 Å². The number of hydrogen-bond donors (Lipinski definition) is 1.